The maximum atomic E-state index is 3.46. The number of rotatable bonds is 9. The van der Waals surface area contributed by atoms with Crippen LogP contribution in [-0.2, 0) is 0 Å². The number of hydrogen-bond donors (Lipinski definition) is 0. The summed E-state index contributed by atoms with van der Waals surface area (Å²) in [4.78, 5) is 2.49. The molecule has 3 heteroatoms. The van der Waals surface area contributed by atoms with Crippen LogP contribution in [0.25, 0.3) is 0 Å². The van der Waals surface area contributed by atoms with Crippen molar-refractivity contribution in [1.82, 2.24) is 4.90 Å². The summed E-state index contributed by atoms with van der Waals surface area (Å²) in [6, 6.07) is 0.742. The monoisotopic (exact) mass is 281 g/mol. The molecule has 0 bridgehead atoms. The Morgan fingerprint density at radius 2 is 2.00 bits per heavy atom. The zero-order valence-electron chi connectivity index (χ0n) is 9.76. The van der Waals surface area contributed by atoms with Crippen molar-refractivity contribution in [3.8, 4) is 0 Å². The number of nitrogens with zero attached hydrogens (tertiary/aromatic N) is 1. The van der Waals surface area contributed by atoms with Crippen LogP contribution in [0.5, 0.6) is 0 Å². The van der Waals surface area contributed by atoms with Gasteiger partial charge in [0.25, 0.3) is 0 Å². The maximum absolute atomic E-state index is 3.46. The largest absolute Gasteiger partial charge is 0.304 e. The van der Waals surface area contributed by atoms with Crippen LogP contribution >= 0.6 is 27.7 Å². The number of alkyl halides is 1. The fourth-order valence-corrected chi connectivity index (χ4v) is 2.33. The van der Waals surface area contributed by atoms with Gasteiger partial charge in [-0.2, -0.15) is 11.8 Å². The molecule has 0 spiro atoms. The quantitative estimate of drug-likeness (QED) is 0.469. The molecule has 0 rings (SSSR count). The molecule has 1 atom stereocenters. The summed E-state index contributed by atoms with van der Waals surface area (Å²) in [6.07, 6.45) is 7.50. The average molecular weight is 282 g/mol. The van der Waals surface area contributed by atoms with E-state index in [0.717, 1.165) is 11.4 Å². The van der Waals surface area contributed by atoms with Gasteiger partial charge in [0.1, 0.15) is 0 Å². The third kappa shape index (κ3) is 8.13. The molecule has 1 nitrogen and oxygen atoms in total. The molecule has 0 aromatic carbocycles. The average Bonchev–Trinajstić information content (AvgIpc) is 2.20. The van der Waals surface area contributed by atoms with Gasteiger partial charge in [0.05, 0.1) is 0 Å². The minimum absolute atomic E-state index is 0.742. The highest BCUT2D eigenvalue weighted by atomic mass is 79.9. The van der Waals surface area contributed by atoms with Crippen LogP contribution in [-0.4, -0.2) is 41.9 Å². The van der Waals surface area contributed by atoms with E-state index in [1.165, 1.54) is 38.0 Å². The van der Waals surface area contributed by atoms with Crippen molar-refractivity contribution in [3.63, 3.8) is 0 Å². The van der Waals surface area contributed by atoms with Crippen molar-refractivity contribution < 1.29 is 0 Å². The highest BCUT2D eigenvalue weighted by Gasteiger charge is 2.07. The van der Waals surface area contributed by atoms with Crippen molar-refractivity contribution in [2.45, 2.75) is 38.6 Å². The molecule has 1 unspecified atom stereocenters. The van der Waals surface area contributed by atoms with Crippen molar-refractivity contribution in [3.05, 3.63) is 0 Å². The fourth-order valence-electron chi connectivity index (χ4n) is 1.36. The highest BCUT2D eigenvalue weighted by Crippen LogP contribution is 2.07. The third-order valence-corrected chi connectivity index (χ3v) is 3.84. The zero-order chi connectivity index (χ0) is 10.8. The van der Waals surface area contributed by atoms with E-state index in [-0.39, 0.29) is 0 Å². The van der Waals surface area contributed by atoms with Crippen LogP contribution in [0.1, 0.15) is 32.6 Å². The lowest BCUT2D eigenvalue weighted by Crippen LogP contribution is -2.30. The Morgan fingerprint density at radius 3 is 2.57 bits per heavy atom. The van der Waals surface area contributed by atoms with Crippen LogP contribution in [0.3, 0.4) is 0 Å². The Balaban J connectivity index is 3.36. The molecule has 0 saturated heterocycles. The van der Waals surface area contributed by atoms with Crippen molar-refractivity contribution in [1.29, 1.82) is 0 Å². The van der Waals surface area contributed by atoms with Gasteiger partial charge in [-0.05, 0) is 51.8 Å². The smallest absolute Gasteiger partial charge is 0.00717 e. The molecule has 0 N–H and O–H groups in total. The minimum atomic E-state index is 0.742. The van der Waals surface area contributed by atoms with Crippen LogP contribution in [0.4, 0.5) is 0 Å². The van der Waals surface area contributed by atoms with Gasteiger partial charge < -0.3 is 4.90 Å². The Hall–Kier alpha value is 0.790. The molecule has 0 aromatic heterocycles. The summed E-state index contributed by atoms with van der Waals surface area (Å²) in [6.45, 7) is 3.59. The summed E-state index contributed by atoms with van der Waals surface area (Å²) in [7, 11) is 2.25. The first kappa shape index (κ1) is 14.8. The standard InChI is InChI=1S/C11H24BrNS/c1-11(7-10-14-3)13(2)9-6-4-5-8-12/h11H,4-10H2,1-3H3. The van der Waals surface area contributed by atoms with Gasteiger partial charge in [0.15, 0.2) is 0 Å². The summed E-state index contributed by atoms with van der Waals surface area (Å²) in [5.41, 5.74) is 0. The van der Waals surface area contributed by atoms with E-state index in [0.29, 0.717) is 0 Å². The maximum Gasteiger partial charge on any atom is 0.00717 e. The number of hydrogen-bond acceptors (Lipinski definition) is 2. The van der Waals surface area contributed by atoms with Crippen molar-refractivity contribution >= 4 is 27.7 Å². The molecule has 86 valence electrons. The normalized spacial score (nSPS) is 13.5. The fraction of sp³-hybridized carbons (Fsp3) is 1.00. The molecule has 0 fully saturated rings. The van der Waals surface area contributed by atoms with Crippen LogP contribution < -0.4 is 0 Å². The lowest BCUT2D eigenvalue weighted by molar-refractivity contribution is 0.248. The van der Waals surface area contributed by atoms with Gasteiger partial charge in [0, 0.05) is 11.4 Å². The second kappa shape index (κ2) is 10.3. The van der Waals surface area contributed by atoms with E-state index >= 15 is 0 Å². The second-order valence-corrected chi connectivity index (χ2v) is 5.64. The summed E-state index contributed by atoms with van der Waals surface area (Å²) in [5, 5.41) is 1.15. The number of halogens is 1. The van der Waals surface area contributed by atoms with Gasteiger partial charge >= 0.3 is 0 Å². The van der Waals surface area contributed by atoms with Gasteiger partial charge in [0.2, 0.25) is 0 Å². The lowest BCUT2D eigenvalue weighted by Gasteiger charge is -2.24. The van der Waals surface area contributed by atoms with E-state index in [4.69, 9.17) is 0 Å². The molecule has 0 radical (unpaired) electrons. The van der Waals surface area contributed by atoms with Gasteiger partial charge in [-0.3, -0.25) is 0 Å². The van der Waals surface area contributed by atoms with Crippen LogP contribution in [0.15, 0.2) is 0 Å². The Kier molecular flexibility index (Phi) is 10.9. The molecule has 0 amide bonds. The summed E-state index contributed by atoms with van der Waals surface area (Å²) in [5.74, 6) is 1.28. The predicted molar refractivity (Wildman–Crippen MR) is 72.7 cm³/mol. The predicted octanol–water partition coefficient (Wildman–Crippen LogP) is 3.63. The molecular weight excluding hydrogens is 258 g/mol. The number of unbranched alkanes of at least 4 members (excludes halogenated alkanes) is 2. The second-order valence-electron chi connectivity index (χ2n) is 3.86. The van der Waals surface area contributed by atoms with E-state index in [1.54, 1.807) is 0 Å². The van der Waals surface area contributed by atoms with Gasteiger partial charge in [-0.25, -0.2) is 0 Å². The topological polar surface area (TPSA) is 3.24 Å². The van der Waals surface area contributed by atoms with Gasteiger partial charge in [-0.15, -0.1) is 0 Å². The number of thioether (sulfide) groups is 1. The van der Waals surface area contributed by atoms with E-state index in [9.17, 15) is 0 Å². The molecule has 0 aliphatic rings. The van der Waals surface area contributed by atoms with Crippen molar-refractivity contribution in [2.75, 3.05) is 30.9 Å². The van der Waals surface area contributed by atoms with Gasteiger partial charge in [-0.1, -0.05) is 22.4 Å². The first-order valence-corrected chi connectivity index (χ1v) is 7.99. The Labute approximate surface area is 102 Å². The van der Waals surface area contributed by atoms with Crippen molar-refractivity contribution in [2.24, 2.45) is 0 Å². The molecule has 0 aliphatic carbocycles. The molecular formula is C11H24BrNS. The molecule has 0 aliphatic heterocycles. The molecule has 14 heavy (non-hydrogen) atoms. The van der Waals surface area contributed by atoms with Crippen LogP contribution in [0.2, 0.25) is 0 Å². The SMILES string of the molecule is CSCCC(C)N(C)CCCCCBr. The summed E-state index contributed by atoms with van der Waals surface area (Å²) >= 11 is 5.41. The third-order valence-electron chi connectivity index (χ3n) is 2.64. The molecule has 0 aromatic rings. The van der Waals surface area contributed by atoms with E-state index in [2.05, 4.69) is 41.1 Å². The van der Waals surface area contributed by atoms with E-state index < -0.39 is 0 Å². The molecule has 0 heterocycles. The highest BCUT2D eigenvalue weighted by molar-refractivity contribution is 9.09. The first-order valence-electron chi connectivity index (χ1n) is 5.47. The lowest BCUT2D eigenvalue weighted by atomic mass is 10.2. The Bertz CT molecular complexity index is 122. The zero-order valence-corrected chi connectivity index (χ0v) is 12.2. The summed E-state index contributed by atoms with van der Waals surface area (Å²) < 4.78 is 0. The minimum Gasteiger partial charge on any atom is -0.304 e. The van der Waals surface area contributed by atoms with Crippen LogP contribution in [0, 0.1) is 0 Å². The van der Waals surface area contributed by atoms with E-state index in [1.807, 2.05) is 11.8 Å². The first-order chi connectivity index (χ1) is 6.72. The Morgan fingerprint density at radius 1 is 1.29 bits per heavy atom. The molecule has 0 saturated carbocycles.